The number of aromatic nitrogens is 3. The first-order chi connectivity index (χ1) is 27.2. The van der Waals surface area contributed by atoms with Crippen molar-refractivity contribution in [3.63, 3.8) is 0 Å². The van der Waals surface area contributed by atoms with Crippen molar-refractivity contribution in [1.29, 1.82) is 0 Å². The molecule has 0 saturated carbocycles. The standard InChI is InChI=1S/C51H29N3O/c1-3-12-45-42(11-1)47-43(23-22-41-39-10-2-4-13-46(39)55-51(41)47)48(54-45)36-8-5-7-32(27-36)33-16-14-30-15-17-34-28-35(19-20-37(34)44(30)29-33)38-24-26-53-50-40(38)21-18-31-9-6-25-52-49(31)50/h1-29H. The first kappa shape index (κ1) is 30.1. The molecule has 12 aromatic rings. The van der Waals surface area contributed by atoms with E-state index in [0.29, 0.717) is 0 Å². The number of rotatable bonds is 3. The number of para-hydroxylation sites is 2. The predicted molar refractivity (Wildman–Crippen MR) is 228 cm³/mol. The fourth-order valence-corrected chi connectivity index (χ4v) is 8.70. The van der Waals surface area contributed by atoms with E-state index < -0.39 is 0 Å². The number of pyridine rings is 3. The summed E-state index contributed by atoms with van der Waals surface area (Å²) < 4.78 is 6.57. The van der Waals surface area contributed by atoms with Crippen LogP contribution < -0.4 is 0 Å². The molecule has 0 aliphatic carbocycles. The number of hydrogen-bond donors (Lipinski definition) is 0. The first-order valence-corrected chi connectivity index (χ1v) is 18.6. The van der Waals surface area contributed by atoms with E-state index in [0.717, 1.165) is 98.9 Å². The van der Waals surface area contributed by atoms with E-state index in [9.17, 15) is 0 Å². The van der Waals surface area contributed by atoms with Gasteiger partial charge in [0.15, 0.2) is 0 Å². The van der Waals surface area contributed by atoms with Crippen LogP contribution in [0.2, 0.25) is 0 Å². The third-order valence-electron chi connectivity index (χ3n) is 11.3. The lowest BCUT2D eigenvalue weighted by Gasteiger charge is -2.13. The van der Waals surface area contributed by atoms with Crippen LogP contribution in [0, 0.1) is 0 Å². The zero-order valence-corrected chi connectivity index (χ0v) is 29.5. The van der Waals surface area contributed by atoms with Gasteiger partial charge in [-0.15, -0.1) is 0 Å². The van der Waals surface area contributed by atoms with Gasteiger partial charge >= 0.3 is 0 Å². The molecule has 0 bridgehead atoms. The molecule has 0 aliphatic rings. The summed E-state index contributed by atoms with van der Waals surface area (Å²) in [5.74, 6) is 0. The van der Waals surface area contributed by atoms with E-state index in [1.54, 1.807) is 0 Å². The molecule has 0 unspecified atom stereocenters. The molecule has 0 aliphatic heterocycles. The van der Waals surface area contributed by atoms with Gasteiger partial charge in [0.25, 0.3) is 0 Å². The number of fused-ring (bicyclic) bond motifs is 13. The van der Waals surface area contributed by atoms with E-state index in [2.05, 4.69) is 151 Å². The Balaban J connectivity index is 0.993. The SMILES string of the molecule is c1cc(-c2ccc3ccc4cc(-c5ccnc6c5ccc5cccnc56)ccc4c3c2)cc(-c2nc3ccccc3c3c2ccc2c4ccccc4oc23)c1. The van der Waals surface area contributed by atoms with Crippen LogP contribution in [0.5, 0.6) is 0 Å². The van der Waals surface area contributed by atoms with Crippen LogP contribution in [0.1, 0.15) is 0 Å². The molecule has 0 atom stereocenters. The van der Waals surface area contributed by atoms with Gasteiger partial charge in [-0.05, 0) is 92.3 Å². The quantitative estimate of drug-likeness (QED) is 0.172. The Morgan fingerprint density at radius 2 is 1.13 bits per heavy atom. The van der Waals surface area contributed by atoms with Crippen LogP contribution >= 0.6 is 0 Å². The van der Waals surface area contributed by atoms with E-state index in [1.165, 1.54) is 21.5 Å². The molecular weight excluding hydrogens is 671 g/mol. The zero-order valence-electron chi connectivity index (χ0n) is 29.5. The molecule has 4 heteroatoms. The maximum Gasteiger partial charge on any atom is 0.144 e. The number of nitrogens with zero attached hydrogens (tertiary/aromatic N) is 3. The summed E-state index contributed by atoms with van der Waals surface area (Å²) in [5.41, 5.74) is 11.2. The largest absolute Gasteiger partial charge is 0.455 e. The second-order valence-corrected chi connectivity index (χ2v) is 14.4. The van der Waals surface area contributed by atoms with Crippen LogP contribution in [-0.4, -0.2) is 15.0 Å². The lowest BCUT2D eigenvalue weighted by Crippen LogP contribution is -1.91. The van der Waals surface area contributed by atoms with E-state index >= 15 is 0 Å². The van der Waals surface area contributed by atoms with E-state index in [1.807, 2.05) is 30.6 Å². The summed E-state index contributed by atoms with van der Waals surface area (Å²) in [6.07, 6.45) is 3.73. The molecule has 0 radical (unpaired) electrons. The molecule has 4 aromatic heterocycles. The van der Waals surface area contributed by atoms with Crippen molar-refractivity contribution in [2.75, 3.05) is 0 Å². The molecule has 8 aromatic carbocycles. The Kier molecular flexibility index (Phi) is 6.31. The van der Waals surface area contributed by atoms with Crippen molar-refractivity contribution in [3.8, 4) is 33.5 Å². The topological polar surface area (TPSA) is 51.8 Å². The van der Waals surface area contributed by atoms with Crippen molar-refractivity contribution >= 4 is 87.0 Å². The summed E-state index contributed by atoms with van der Waals surface area (Å²) in [5, 5.41) is 12.6. The molecule has 0 fully saturated rings. The van der Waals surface area contributed by atoms with Gasteiger partial charge in [0.2, 0.25) is 0 Å². The molecule has 0 saturated heterocycles. The predicted octanol–water partition coefficient (Wildman–Crippen LogP) is 13.7. The first-order valence-electron chi connectivity index (χ1n) is 18.6. The molecule has 254 valence electrons. The van der Waals surface area contributed by atoms with Gasteiger partial charge in [0, 0.05) is 55.7 Å². The second-order valence-electron chi connectivity index (χ2n) is 14.4. The molecule has 0 N–H and O–H groups in total. The Morgan fingerprint density at radius 1 is 0.382 bits per heavy atom. The minimum absolute atomic E-state index is 0.895. The van der Waals surface area contributed by atoms with Gasteiger partial charge in [-0.1, -0.05) is 115 Å². The highest BCUT2D eigenvalue weighted by Crippen LogP contribution is 2.42. The Bertz CT molecular complexity index is 3560. The van der Waals surface area contributed by atoms with E-state index in [4.69, 9.17) is 14.4 Å². The summed E-state index contributed by atoms with van der Waals surface area (Å²) in [4.78, 5) is 14.7. The number of hydrogen-bond acceptors (Lipinski definition) is 4. The summed E-state index contributed by atoms with van der Waals surface area (Å²) >= 11 is 0. The van der Waals surface area contributed by atoms with E-state index in [-0.39, 0.29) is 0 Å². The Morgan fingerprint density at radius 3 is 2.11 bits per heavy atom. The Hall–Kier alpha value is -7.43. The van der Waals surface area contributed by atoms with Crippen molar-refractivity contribution in [2.45, 2.75) is 0 Å². The highest BCUT2D eigenvalue weighted by molar-refractivity contribution is 6.24. The summed E-state index contributed by atoms with van der Waals surface area (Å²) in [7, 11) is 0. The normalized spacial score (nSPS) is 12.0. The lowest BCUT2D eigenvalue weighted by molar-refractivity contribution is 0.673. The van der Waals surface area contributed by atoms with Crippen molar-refractivity contribution in [2.24, 2.45) is 0 Å². The average Bonchev–Trinajstić information content (AvgIpc) is 3.64. The van der Waals surface area contributed by atoms with Gasteiger partial charge in [-0.25, -0.2) is 4.98 Å². The summed E-state index contributed by atoms with van der Waals surface area (Å²) in [6.45, 7) is 0. The molecule has 0 amide bonds. The maximum absolute atomic E-state index is 6.57. The third-order valence-corrected chi connectivity index (χ3v) is 11.3. The van der Waals surface area contributed by atoms with Gasteiger partial charge < -0.3 is 4.42 Å². The van der Waals surface area contributed by atoms with Crippen LogP contribution in [0.3, 0.4) is 0 Å². The summed E-state index contributed by atoms with van der Waals surface area (Å²) in [6, 6.07) is 58.4. The number of furan rings is 1. The molecule has 55 heavy (non-hydrogen) atoms. The van der Waals surface area contributed by atoms with Crippen LogP contribution in [0.4, 0.5) is 0 Å². The molecule has 0 spiro atoms. The fourth-order valence-electron chi connectivity index (χ4n) is 8.70. The van der Waals surface area contributed by atoms with Crippen molar-refractivity contribution in [3.05, 3.63) is 176 Å². The zero-order chi connectivity index (χ0) is 36.0. The van der Waals surface area contributed by atoms with Crippen molar-refractivity contribution in [1.82, 2.24) is 15.0 Å². The monoisotopic (exact) mass is 699 g/mol. The Labute approximate surface area is 315 Å². The minimum atomic E-state index is 0.895. The van der Waals surface area contributed by atoms with Crippen LogP contribution in [0.15, 0.2) is 181 Å². The van der Waals surface area contributed by atoms with Gasteiger partial charge in [0.1, 0.15) is 11.2 Å². The molecular formula is C51H29N3O. The highest BCUT2D eigenvalue weighted by atomic mass is 16.3. The lowest BCUT2D eigenvalue weighted by atomic mass is 9.93. The smallest absolute Gasteiger partial charge is 0.144 e. The third kappa shape index (κ3) is 4.55. The molecule has 4 heterocycles. The van der Waals surface area contributed by atoms with Crippen molar-refractivity contribution < 1.29 is 4.42 Å². The number of benzene rings is 8. The highest BCUT2D eigenvalue weighted by Gasteiger charge is 2.18. The van der Waals surface area contributed by atoms with Gasteiger partial charge in [0.05, 0.1) is 22.2 Å². The maximum atomic E-state index is 6.57. The molecule has 12 rings (SSSR count). The van der Waals surface area contributed by atoms with Gasteiger partial charge in [-0.3, -0.25) is 9.97 Å². The fraction of sp³-hybridized carbons (Fsp3) is 0. The second kappa shape index (κ2) is 11.5. The average molecular weight is 700 g/mol. The van der Waals surface area contributed by atoms with Crippen LogP contribution in [0.25, 0.3) is 120 Å². The minimum Gasteiger partial charge on any atom is -0.455 e. The molecule has 4 nitrogen and oxygen atoms in total. The van der Waals surface area contributed by atoms with Crippen LogP contribution in [-0.2, 0) is 0 Å². The van der Waals surface area contributed by atoms with Gasteiger partial charge in [-0.2, -0.15) is 0 Å².